The predicted molar refractivity (Wildman–Crippen MR) is 143 cm³/mol. The van der Waals surface area contributed by atoms with Gasteiger partial charge >= 0.3 is 0 Å². The van der Waals surface area contributed by atoms with E-state index in [1.54, 1.807) is 42.5 Å². The van der Waals surface area contributed by atoms with Gasteiger partial charge in [0.1, 0.15) is 24.1 Å². The molecule has 0 radical (unpaired) electrons. The van der Waals surface area contributed by atoms with E-state index in [-0.39, 0.29) is 11.0 Å². The standard InChI is InChI=1S/C26H27N3O5S2/c1-2-33-22-13-11-21(12-14-22)29(36(31,32)25-9-4-3-5-10-25)17-26(30)28-27-16-20-7-6-8-23(15-20)34-24-18-35-19-24/h3-16,24H,2,17-19H2,1H3,(H,28,30)/b27-16-. The van der Waals surface area contributed by atoms with Crippen LogP contribution in [0.25, 0.3) is 0 Å². The molecule has 10 heteroatoms. The van der Waals surface area contributed by atoms with Crippen molar-refractivity contribution in [2.45, 2.75) is 17.9 Å². The zero-order valence-electron chi connectivity index (χ0n) is 19.7. The average molecular weight is 526 g/mol. The van der Waals surface area contributed by atoms with Crippen LogP contribution in [0, 0.1) is 0 Å². The summed E-state index contributed by atoms with van der Waals surface area (Å²) in [5.41, 5.74) is 3.51. The number of hydrazone groups is 1. The van der Waals surface area contributed by atoms with Gasteiger partial charge in [-0.05, 0) is 61.0 Å². The Morgan fingerprint density at radius 2 is 1.81 bits per heavy atom. The molecule has 188 valence electrons. The lowest BCUT2D eigenvalue weighted by atomic mass is 10.2. The number of hydrogen-bond acceptors (Lipinski definition) is 7. The lowest BCUT2D eigenvalue weighted by Gasteiger charge is -2.25. The van der Waals surface area contributed by atoms with Crippen molar-refractivity contribution in [3.05, 3.63) is 84.4 Å². The number of anilines is 1. The van der Waals surface area contributed by atoms with Gasteiger partial charge in [-0.2, -0.15) is 16.9 Å². The van der Waals surface area contributed by atoms with Crippen molar-refractivity contribution < 1.29 is 22.7 Å². The first-order chi connectivity index (χ1) is 17.5. The van der Waals surface area contributed by atoms with Gasteiger partial charge in [-0.3, -0.25) is 9.10 Å². The van der Waals surface area contributed by atoms with Crippen LogP contribution in [0.1, 0.15) is 12.5 Å². The summed E-state index contributed by atoms with van der Waals surface area (Å²) >= 11 is 1.84. The van der Waals surface area contributed by atoms with Crippen LogP contribution in [0.3, 0.4) is 0 Å². The van der Waals surface area contributed by atoms with Gasteiger partial charge in [0.2, 0.25) is 0 Å². The molecule has 3 aromatic rings. The maximum atomic E-state index is 13.4. The SMILES string of the molecule is CCOc1ccc(N(CC(=O)N/N=C\c2cccc(OC3CSC3)c2)S(=O)(=O)c2ccccc2)cc1. The smallest absolute Gasteiger partial charge is 0.264 e. The summed E-state index contributed by atoms with van der Waals surface area (Å²) in [4.78, 5) is 12.8. The Bertz CT molecular complexity index is 1290. The summed E-state index contributed by atoms with van der Waals surface area (Å²) in [6.45, 7) is 1.90. The molecule has 1 amide bonds. The van der Waals surface area contributed by atoms with Crippen LogP contribution in [-0.2, 0) is 14.8 Å². The number of sulfonamides is 1. The average Bonchev–Trinajstić information content (AvgIpc) is 2.86. The number of benzene rings is 3. The van der Waals surface area contributed by atoms with E-state index in [1.807, 2.05) is 43.0 Å². The second kappa shape index (κ2) is 12.0. The number of rotatable bonds is 11. The molecular weight excluding hydrogens is 498 g/mol. The molecule has 4 rings (SSSR count). The summed E-state index contributed by atoms with van der Waals surface area (Å²) in [5, 5.41) is 4.01. The van der Waals surface area contributed by atoms with Crippen molar-refractivity contribution in [1.82, 2.24) is 5.43 Å². The van der Waals surface area contributed by atoms with Crippen LogP contribution < -0.4 is 19.2 Å². The van der Waals surface area contributed by atoms with Crippen LogP contribution in [0.5, 0.6) is 11.5 Å². The number of hydrogen-bond donors (Lipinski definition) is 1. The molecule has 1 aliphatic rings. The van der Waals surface area contributed by atoms with Crippen LogP contribution in [0.4, 0.5) is 5.69 Å². The highest BCUT2D eigenvalue weighted by molar-refractivity contribution is 8.00. The summed E-state index contributed by atoms with van der Waals surface area (Å²) in [7, 11) is -4.00. The summed E-state index contributed by atoms with van der Waals surface area (Å²) in [5.74, 6) is 2.72. The van der Waals surface area contributed by atoms with E-state index in [1.165, 1.54) is 18.3 Å². The molecule has 0 unspecified atom stereocenters. The zero-order chi connectivity index (χ0) is 25.4. The van der Waals surface area contributed by atoms with Gasteiger partial charge in [0.05, 0.1) is 23.4 Å². The van der Waals surface area contributed by atoms with Crippen molar-refractivity contribution in [3.63, 3.8) is 0 Å². The minimum atomic E-state index is -4.00. The molecule has 8 nitrogen and oxygen atoms in total. The molecular formula is C26H27N3O5S2. The van der Waals surface area contributed by atoms with Gasteiger partial charge in [-0.1, -0.05) is 30.3 Å². The van der Waals surface area contributed by atoms with Gasteiger partial charge in [0, 0.05) is 11.5 Å². The number of nitrogens with one attached hydrogen (secondary N) is 1. The largest absolute Gasteiger partial charge is 0.494 e. The van der Waals surface area contributed by atoms with Crippen molar-refractivity contribution in [3.8, 4) is 11.5 Å². The Balaban J connectivity index is 1.47. The number of amides is 1. The van der Waals surface area contributed by atoms with Crippen LogP contribution in [0.15, 0.2) is 88.9 Å². The first-order valence-corrected chi connectivity index (χ1v) is 14.0. The fourth-order valence-corrected chi connectivity index (χ4v) is 5.40. The summed E-state index contributed by atoms with van der Waals surface area (Å²) < 4.78 is 39.2. The molecule has 1 aliphatic heterocycles. The molecule has 3 aromatic carbocycles. The Labute approximate surface area is 215 Å². The lowest BCUT2D eigenvalue weighted by molar-refractivity contribution is -0.119. The molecule has 1 fully saturated rings. The monoisotopic (exact) mass is 525 g/mol. The number of ether oxygens (including phenoxy) is 2. The molecule has 36 heavy (non-hydrogen) atoms. The highest BCUT2D eigenvalue weighted by atomic mass is 32.2. The molecule has 0 saturated carbocycles. The van der Waals surface area contributed by atoms with E-state index < -0.39 is 22.5 Å². The molecule has 0 atom stereocenters. The molecule has 0 aromatic heterocycles. The van der Waals surface area contributed by atoms with Gasteiger partial charge < -0.3 is 9.47 Å². The Kier molecular flexibility index (Phi) is 8.50. The normalized spacial score (nSPS) is 13.7. The minimum Gasteiger partial charge on any atom is -0.494 e. The van der Waals surface area contributed by atoms with Gasteiger partial charge in [-0.15, -0.1) is 0 Å². The number of carbonyl (C=O) groups excluding carboxylic acids is 1. The second-order valence-corrected chi connectivity index (χ2v) is 10.8. The Morgan fingerprint density at radius 1 is 1.06 bits per heavy atom. The van der Waals surface area contributed by atoms with E-state index >= 15 is 0 Å². The number of nitrogens with zero attached hydrogens (tertiary/aromatic N) is 2. The predicted octanol–water partition coefficient (Wildman–Crippen LogP) is 3.93. The maximum Gasteiger partial charge on any atom is 0.264 e. The molecule has 0 aliphatic carbocycles. The minimum absolute atomic E-state index is 0.0804. The second-order valence-electron chi connectivity index (χ2n) is 7.89. The fraction of sp³-hybridized carbons (Fsp3) is 0.231. The van der Waals surface area contributed by atoms with E-state index in [9.17, 15) is 13.2 Å². The van der Waals surface area contributed by atoms with Crippen molar-refractivity contribution in [2.24, 2.45) is 5.10 Å². The van der Waals surface area contributed by atoms with Crippen molar-refractivity contribution in [1.29, 1.82) is 0 Å². The molecule has 1 saturated heterocycles. The first-order valence-electron chi connectivity index (χ1n) is 11.4. The third kappa shape index (κ3) is 6.58. The van der Waals surface area contributed by atoms with E-state index in [2.05, 4.69) is 10.5 Å². The number of thioether (sulfide) groups is 1. The van der Waals surface area contributed by atoms with Gasteiger partial charge in [-0.25, -0.2) is 13.8 Å². The fourth-order valence-electron chi connectivity index (χ4n) is 3.40. The number of carbonyl (C=O) groups is 1. The third-order valence-corrected chi connectivity index (χ3v) is 8.23. The van der Waals surface area contributed by atoms with Crippen molar-refractivity contribution >= 4 is 39.6 Å². The first kappa shape index (κ1) is 25.6. The van der Waals surface area contributed by atoms with E-state index in [0.717, 1.165) is 27.1 Å². The third-order valence-electron chi connectivity index (χ3n) is 5.23. The topological polar surface area (TPSA) is 97.3 Å². The van der Waals surface area contributed by atoms with Crippen LogP contribution >= 0.6 is 11.8 Å². The van der Waals surface area contributed by atoms with Crippen LogP contribution in [-0.4, -0.2) is 51.3 Å². The van der Waals surface area contributed by atoms with E-state index in [4.69, 9.17) is 9.47 Å². The van der Waals surface area contributed by atoms with Crippen molar-refractivity contribution in [2.75, 3.05) is 29.0 Å². The van der Waals surface area contributed by atoms with E-state index in [0.29, 0.717) is 18.0 Å². The maximum absolute atomic E-state index is 13.4. The zero-order valence-corrected chi connectivity index (χ0v) is 21.4. The summed E-state index contributed by atoms with van der Waals surface area (Å²) in [6.07, 6.45) is 1.72. The van der Waals surface area contributed by atoms with Crippen LogP contribution in [0.2, 0.25) is 0 Å². The highest BCUT2D eigenvalue weighted by Gasteiger charge is 2.27. The lowest BCUT2D eigenvalue weighted by Crippen LogP contribution is -2.39. The molecule has 0 spiro atoms. The molecule has 1 N–H and O–H groups in total. The quantitative estimate of drug-likeness (QED) is 0.301. The molecule has 0 bridgehead atoms. The molecule has 1 heterocycles. The Morgan fingerprint density at radius 3 is 2.47 bits per heavy atom. The highest BCUT2D eigenvalue weighted by Crippen LogP contribution is 2.26. The summed E-state index contributed by atoms with van der Waals surface area (Å²) in [6, 6.07) is 21.9. The Hall–Kier alpha value is -3.50. The van der Waals surface area contributed by atoms with Gasteiger partial charge in [0.15, 0.2) is 0 Å². The van der Waals surface area contributed by atoms with Gasteiger partial charge in [0.25, 0.3) is 15.9 Å².